The number of nitrogens with one attached hydrogen (secondary N) is 2. The second-order valence-electron chi connectivity index (χ2n) is 5.24. The molecule has 1 aromatic carbocycles. The Labute approximate surface area is 129 Å². The van der Waals surface area contributed by atoms with Gasteiger partial charge in [0.25, 0.3) is 0 Å². The van der Waals surface area contributed by atoms with Crippen LogP contribution in [-0.4, -0.2) is 25.5 Å². The predicted molar refractivity (Wildman–Crippen MR) is 87.3 cm³/mol. The van der Waals surface area contributed by atoms with Crippen LogP contribution >= 0.6 is 15.9 Å². The number of rotatable bonds is 5. The van der Waals surface area contributed by atoms with Crippen LogP contribution in [0, 0.1) is 0 Å². The van der Waals surface area contributed by atoms with Crippen LogP contribution in [0.2, 0.25) is 0 Å². The van der Waals surface area contributed by atoms with Crippen molar-refractivity contribution in [2.24, 2.45) is 0 Å². The van der Waals surface area contributed by atoms with Crippen LogP contribution in [-0.2, 0) is 4.79 Å². The Hall–Kier alpha value is -1.07. The molecule has 0 bridgehead atoms. The van der Waals surface area contributed by atoms with Crippen molar-refractivity contribution in [3.8, 4) is 0 Å². The van der Waals surface area contributed by atoms with Gasteiger partial charge in [-0.2, -0.15) is 0 Å². The standard InChI is InChI=1S/C15H22BrN3O/c1-5-9(3)19(4)13-8-12-10(7-11(13)16)14(17-6-2)15(20)18-12/h7-9,14,17H,5-6H2,1-4H3,(H,18,20). The Morgan fingerprint density at radius 1 is 1.45 bits per heavy atom. The molecule has 0 fully saturated rings. The molecule has 2 rings (SSSR count). The molecule has 0 aromatic heterocycles. The van der Waals surface area contributed by atoms with Gasteiger partial charge in [0.05, 0.1) is 5.69 Å². The number of amides is 1. The smallest absolute Gasteiger partial charge is 0.246 e. The summed E-state index contributed by atoms with van der Waals surface area (Å²) in [5.41, 5.74) is 3.04. The molecule has 1 amide bonds. The topological polar surface area (TPSA) is 44.4 Å². The van der Waals surface area contributed by atoms with E-state index in [2.05, 4.69) is 64.5 Å². The zero-order chi connectivity index (χ0) is 14.9. The summed E-state index contributed by atoms with van der Waals surface area (Å²) in [6.45, 7) is 7.14. The second kappa shape index (κ2) is 6.14. The van der Waals surface area contributed by atoms with Gasteiger partial charge in [-0.3, -0.25) is 4.79 Å². The van der Waals surface area contributed by atoms with E-state index in [0.717, 1.165) is 34.4 Å². The number of hydrogen-bond donors (Lipinski definition) is 2. The van der Waals surface area contributed by atoms with E-state index in [1.807, 2.05) is 6.92 Å². The molecule has 2 N–H and O–H groups in total. The largest absolute Gasteiger partial charge is 0.371 e. The molecule has 2 unspecified atom stereocenters. The molecule has 1 aromatic rings. The summed E-state index contributed by atoms with van der Waals surface area (Å²) in [7, 11) is 2.08. The Bertz CT molecular complexity index is 518. The number of anilines is 2. The van der Waals surface area contributed by atoms with Gasteiger partial charge >= 0.3 is 0 Å². The van der Waals surface area contributed by atoms with E-state index >= 15 is 0 Å². The van der Waals surface area contributed by atoms with Crippen LogP contribution in [0.15, 0.2) is 16.6 Å². The van der Waals surface area contributed by atoms with E-state index in [9.17, 15) is 4.79 Å². The first-order valence-corrected chi connectivity index (χ1v) is 7.89. The summed E-state index contributed by atoms with van der Waals surface area (Å²) >= 11 is 3.64. The zero-order valence-corrected chi connectivity index (χ0v) is 14.0. The van der Waals surface area contributed by atoms with Crippen molar-refractivity contribution in [2.45, 2.75) is 39.3 Å². The van der Waals surface area contributed by atoms with Crippen LogP contribution in [0.4, 0.5) is 11.4 Å². The number of benzene rings is 1. The Morgan fingerprint density at radius 3 is 2.75 bits per heavy atom. The van der Waals surface area contributed by atoms with Gasteiger partial charge in [0, 0.05) is 28.8 Å². The van der Waals surface area contributed by atoms with Crippen molar-refractivity contribution in [3.63, 3.8) is 0 Å². The van der Waals surface area contributed by atoms with E-state index in [-0.39, 0.29) is 11.9 Å². The number of likely N-dealkylation sites (N-methyl/N-ethyl adjacent to an activating group) is 1. The maximum Gasteiger partial charge on any atom is 0.246 e. The van der Waals surface area contributed by atoms with Crippen LogP contribution in [0.1, 0.15) is 38.8 Å². The Balaban J connectivity index is 2.38. The lowest BCUT2D eigenvalue weighted by atomic mass is 10.1. The highest BCUT2D eigenvalue weighted by Gasteiger charge is 2.31. The van der Waals surface area contributed by atoms with Gasteiger partial charge in [-0.15, -0.1) is 0 Å². The van der Waals surface area contributed by atoms with Gasteiger partial charge in [0.2, 0.25) is 5.91 Å². The number of fused-ring (bicyclic) bond motifs is 1. The first-order valence-electron chi connectivity index (χ1n) is 7.10. The SMILES string of the molecule is CCNC1C(=O)Nc2cc(N(C)C(C)CC)c(Br)cc21. The fraction of sp³-hybridized carbons (Fsp3) is 0.533. The molecule has 0 radical (unpaired) electrons. The zero-order valence-electron chi connectivity index (χ0n) is 12.5. The van der Waals surface area contributed by atoms with E-state index in [0.29, 0.717) is 6.04 Å². The van der Waals surface area contributed by atoms with Crippen molar-refractivity contribution in [1.29, 1.82) is 0 Å². The summed E-state index contributed by atoms with van der Waals surface area (Å²) in [6.07, 6.45) is 1.08. The molecular formula is C15H22BrN3O. The van der Waals surface area contributed by atoms with E-state index in [4.69, 9.17) is 0 Å². The molecule has 2 atom stereocenters. The summed E-state index contributed by atoms with van der Waals surface area (Å²) < 4.78 is 1.03. The number of halogens is 1. The highest BCUT2D eigenvalue weighted by Crippen LogP contribution is 2.39. The molecule has 110 valence electrons. The normalized spacial score (nSPS) is 18.6. The van der Waals surface area contributed by atoms with Gasteiger partial charge in [-0.05, 0) is 48.0 Å². The van der Waals surface area contributed by atoms with Crippen molar-refractivity contribution in [3.05, 3.63) is 22.2 Å². The minimum Gasteiger partial charge on any atom is -0.371 e. The van der Waals surface area contributed by atoms with Crippen LogP contribution in [0.25, 0.3) is 0 Å². The molecule has 20 heavy (non-hydrogen) atoms. The number of carbonyl (C=O) groups is 1. The third-order valence-electron chi connectivity index (χ3n) is 3.99. The van der Waals surface area contributed by atoms with E-state index in [1.54, 1.807) is 0 Å². The lowest BCUT2D eigenvalue weighted by molar-refractivity contribution is -0.117. The second-order valence-corrected chi connectivity index (χ2v) is 6.09. The molecular weight excluding hydrogens is 318 g/mol. The summed E-state index contributed by atoms with van der Waals surface area (Å²) in [6, 6.07) is 4.32. The molecule has 0 saturated heterocycles. The molecule has 5 heteroatoms. The van der Waals surface area contributed by atoms with E-state index < -0.39 is 0 Å². The summed E-state index contributed by atoms with van der Waals surface area (Å²) in [5, 5.41) is 6.18. The summed E-state index contributed by atoms with van der Waals surface area (Å²) in [4.78, 5) is 14.2. The number of nitrogens with zero attached hydrogens (tertiary/aromatic N) is 1. The summed E-state index contributed by atoms with van der Waals surface area (Å²) in [5.74, 6) is 0.0251. The lowest BCUT2D eigenvalue weighted by Gasteiger charge is -2.27. The first kappa shape index (κ1) is 15.3. The minimum absolute atomic E-state index is 0.0251. The third-order valence-corrected chi connectivity index (χ3v) is 4.63. The van der Waals surface area contributed by atoms with Gasteiger partial charge in [-0.25, -0.2) is 0 Å². The maximum absolute atomic E-state index is 12.0. The molecule has 4 nitrogen and oxygen atoms in total. The average molecular weight is 340 g/mol. The Kier molecular flexibility index (Phi) is 4.70. The van der Waals surface area contributed by atoms with Crippen molar-refractivity contribution < 1.29 is 4.79 Å². The molecule has 0 spiro atoms. The van der Waals surface area contributed by atoms with Gasteiger partial charge in [0.1, 0.15) is 6.04 Å². The van der Waals surface area contributed by atoms with Crippen molar-refractivity contribution in [2.75, 3.05) is 23.8 Å². The molecule has 1 aliphatic rings. The van der Waals surface area contributed by atoms with Crippen molar-refractivity contribution in [1.82, 2.24) is 5.32 Å². The first-order chi connectivity index (χ1) is 9.49. The van der Waals surface area contributed by atoms with Gasteiger partial charge < -0.3 is 15.5 Å². The van der Waals surface area contributed by atoms with Crippen molar-refractivity contribution >= 4 is 33.2 Å². The average Bonchev–Trinajstić information content (AvgIpc) is 2.73. The molecule has 1 aliphatic heterocycles. The predicted octanol–water partition coefficient (Wildman–Crippen LogP) is 3.29. The fourth-order valence-electron chi connectivity index (χ4n) is 2.46. The van der Waals surface area contributed by atoms with Gasteiger partial charge in [0.15, 0.2) is 0 Å². The monoisotopic (exact) mass is 339 g/mol. The lowest BCUT2D eigenvalue weighted by Crippen LogP contribution is -2.28. The van der Waals surface area contributed by atoms with Gasteiger partial charge in [-0.1, -0.05) is 13.8 Å². The minimum atomic E-state index is -0.241. The fourth-order valence-corrected chi connectivity index (χ4v) is 3.10. The molecule has 1 heterocycles. The number of hydrogen-bond acceptors (Lipinski definition) is 3. The highest BCUT2D eigenvalue weighted by atomic mass is 79.9. The number of carbonyl (C=O) groups excluding carboxylic acids is 1. The highest BCUT2D eigenvalue weighted by molar-refractivity contribution is 9.10. The van der Waals surface area contributed by atoms with E-state index in [1.165, 1.54) is 0 Å². The Morgan fingerprint density at radius 2 is 2.15 bits per heavy atom. The van der Waals surface area contributed by atoms with Crippen LogP contribution < -0.4 is 15.5 Å². The van der Waals surface area contributed by atoms with Crippen LogP contribution in [0.3, 0.4) is 0 Å². The quantitative estimate of drug-likeness (QED) is 0.865. The maximum atomic E-state index is 12.0. The molecule has 0 saturated carbocycles. The molecule has 0 aliphatic carbocycles. The van der Waals surface area contributed by atoms with Crippen LogP contribution in [0.5, 0.6) is 0 Å². The third kappa shape index (κ3) is 2.69.